The lowest BCUT2D eigenvalue weighted by Gasteiger charge is -2.36. The van der Waals surface area contributed by atoms with Gasteiger partial charge in [-0.3, -0.25) is 4.79 Å². The van der Waals surface area contributed by atoms with Crippen molar-refractivity contribution in [2.24, 2.45) is 5.73 Å². The van der Waals surface area contributed by atoms with Crippen molar-refractivity contribution in [1.82, 2.24) is 0 Å². The van der Waals surface area contributed by atoms with Crippen LogP contribution in [-0.4, -0.2) is 17.8 Å². The molecule has 3 nitrogen and oxygen atoms in total. The van der Waals surface area contributed by atoms with Crippen LogP contribution in [0.4, 0.5) is 0 Å². The van der Waals surface area contributed by atoms with Gasteiger partial charge in [0.05, 0.1) is 7.11 Å². The topological polar surface area (TPSA) is 52.3 Å². The van der Waals surface area contributed by atoms with Crippen molar-refractivity contribution in [2.45, 2.75) is 49.0 Å². The number of hydrogen-bond acceptors (Lipinski definition) is 3. The summed E-state index contributed by atoms with van der Waals surface area (Å²) < 4.78 is 5.23. The van der Waals surface area contributed by atoms with Gasteiger partial charge in [-0.2, -0.15) is 0 Å². The van der Waals surface area contributed by atoms with Crippen LogP contribution >= 0.6 is 11.8 Å². The van der Waals surface area contributed by atoms with E-state index in [2.05, 4.69) is 12.1 Å². The van der Waals surface area contributed by atoms with Gasteiger partial charge in [-0.25, -0.2) is 0 Å². The van der Waals surface area contributed by atoms with E-state index in [1.807, 2.05) is 23.9 Å². The molecule has 0 heterocycles. The van der Waals surface area contributed by atoms with E-state index in [1.54, 1.807) is 7.11 Å². The zero-order chi connectivity index (χ0) is 14.4. The minimum atomic E-state index is -0.172. The smallest absolute Gasteiger partial charge is 0.218 e. The molecule has 1 aliphatic rings. The van der Waals surface area contributed by atoms with Crippen LogP contribution in [0.25, 0.3) is 0 Å². The van der Waals surface area contributed by atoms with Crippen LogP contribution in [0.2, 0.25) is 0 Å². The highest BCUT2D eigenvalue weighted by Gasteiger charge is 2.34. The van der Waals surface area contributed by atoms with Crippen molar-refractivity contribution in [3.63, 3.8) is 0 Å². The Morgan fingerprint density at radius 1 is 1.25 bits per heavy atom. The number of nitrogens with two attached hydrogens (primary N) is 1. The number of hydrogen-bond donors (Lipinski definition) is 1. The Morgan fingerprint density at radius 3 is 2.45 bits per heavy atom. The lowest BCUT2D eigenvalue weighted by molar-refractivity contribution is -0.118. The molecule has 1 aromatic carbocycles. The molecule has 0 unspecified atom stereocenters. The lowest BCUT2D eigenvalue weighted by atomic mass is 9.86. The Balaban J connectivity index is 1.98. The summed E-state index contributed by atoms with van der Waals surface area (Å²) in [6.07, 6.45) is 6.43. The van der Waals surface area contributed by atoms with E-state index in [4.69, 9.17) is 10.5 Å². The third-order valence-corrected chi connectivity index (χ3v) is 5.61. The van der Waals surface area contributed by atoms with Crippen molar-refractivity contribution in [3.8, 4) is 5.75 Å². The monoisotopic (exact) mass is 293 g/mol. The molecule has 0 radical (unpaired) electrons. The molecule has 1 amide bonds. The van der Waals surface area contributed by atoms with Crippen molar-refractivity contribution < 1.29 is 9.53 Å². The molecule has 0 atom stereocenters. The summed E-state index contributed by atoms with van der Waals surface area (Å²) in [7, 11) is 1.67. The number of rotatable bonds is 6. The molecule has 2 rings (SSSR count). The number of thioether (sulfide) groups is 1. The second-order valence-corrected chi connectivity index (χ2v) is 6.97. The van der Waals surface area contributed by atoms with Crippen molar-refractivity contribution in [2.75, 3.05) is 7.11 Å². The predicted molar refractivity (Wildman–Crippen MR) is 83.9 cm³/mol. The number of ether oxygens (including phenoxy) is 1. The molecule has 1 aromatic rings. The molecule has 1 saturated carbocycles. The van der Waals surface area contributed by atoms with E-state index in [1.165, 1.54) is 24.8 Å². The molecule has 0 spiro atoms. The number of amides is 1. The maximum absolute atomic E-state index is 11.4. The highest BCUT2D eigenvalue weighted by atomic mass is 32.2. The fourth-order valence-electron chi connectivity index (χ4n) is 2.84. The van der Waals surface area contributed by atoms with E-state index >= 15 is 0 Å². The minimum absolute atomic E-state index is 0.0595. The molecular formula is C16H23NO2S. The summed E-state index contributed by atoms with van der Waals surface area (Å²) in [6.45, 7) is 0. The van der Waals surface area contributed by atoms with Gasteiger partial charge in [0.15, 0.2) is 0 Å². The molecule has 110 valence electrons. The average molecular weight is 293 g/mol. The fourth-order valence-corrected chi connectivity index (χ4v) is 4.33. The highest BCUT2D eigenvalue weighted by molar-refractivity contribution is 7.99. The first-order chi connectivity index (χ1) is 9.63. The van der Waals surface area contributed by atoms with Gasteiger partial charge in [0.1, 0.15) is 5.75 Å². The fraction of sp³-hybridized carbons (Fsp3) is 0.562. The first-order valence-electron chi connectivity index (χ1n) is 7.19. The minimum Gasteiger partial charge on any atom is -0.497 e. The molecule has 2 N–H and O–H groups in total. The summed E-state index contributed by atoms with van der Waals surface area (Å²) in [5.41, 5.74) is 6.72. The largest absolute Gasteiger partial charge is 0.497 e. The number of benzene rings is 1. The van der Waals surface area contributed by atoms with Crippen LogP contribution < -0.4 is 10.5 Å². The van der Waals surface area contributed by atoms with E-state index in [0.717, 1.165) is 24.3 Å². The van der Waals surface area contributed by atoms with Crippen LogP contribution in [0.5, 0.6) is 5.75 Å². The van der Waals surface area contributed by atoms with Crippen molar-refractivity contribution >= 4 is 17.7 Å². The van der Waals surface area contributed by atoms with Gasteiger partial charge < -0.3 is 10.5 Å². The van der Waals surface area contributed by atoms with Gasteiger partial charge >= 0.3 is 0 Å². The zero-order valence-corrected chi connectivity index (χ0v) is 12.9. The van der Waals surface area contributed by atoms with Crippen molar-refractivity contribution in [1.29, 1.82) is 0 Å². The van der Waals surface area contributed by atoms with Crippen LogP contribution in [0.1, 0.15) is 44.1 Å². The number of methoxy groups -OCH3 is 1. The average Bonchev–Trinajstić information content (AvgIpc) is 2.46. The second kappa shape index (κ2) is 7.02. The van der Waals surface area contributed by atoms with Crippen LogP contribution in [0.15, 0.2) is 24.3 Å². The third kappa shape index (κ3) is 4.17. The first-order valence-corrected chi connectivity index (χ1v) is 8.17. The summed E-state index contributed by atoms with van der Waals surface area (Å²) >= 11 is 1.90. The summed E-state index contributed by atoms with van der Waals surface area (Å²) in [6, 6.07) is 8.15. The second-order valence-electron chi connectivity index (χ2n) is 5.52. The SMILES string of the molecule is COc1ccc(CSC2(CC(N)=O)CCCCC2)cc1. The molecule has 0 saturated heterocycles. The lowest BCUT2D eigenvalue weighted by Crippen LogP contribution is -2.33. The highest BCUT2D eigenvalue weighted by Crippen LogP contribution is 2.43. The van der Waals surface area contributed by atoms with Gasteiger partial charge in [-0.1, -0.05) is 31.4 Å². The van der Waals surface area contributed by atoms with Gasteiger partial charge in [-0.05, 0) is 30.5 Å². The molecule has 4 heteroatoms. The maximum Gasteiger partial charge on any atom is 0.218 e. The Labute approximate surface area is 125 Å². The Hall–Kier alpha value is -1.16. The number of carbonyl (C=O) groups excluding carboxylic acids is 1. The predicted octanol–water partition coefficient (Wildman–Crippen LogP) is 3.51. The quantitative estimate of drug-likeness (QED) is 0.873. The Bertz CT molecular complexity index is 438. The van der Waals surface area contributed by atoms with Gasteiger partial charge in [0.2, 0.25) is 5.91 Å². The van der Waals surface area contributed by atoms with Gasteiger partial charge in [0.25, 0.3) is 0 Å². The molecular weight excluding hydrogens is 270 g/mol. The standard InChI is InChI=1S/C16H23NO2S/c1-19-14-7-5-13(6-8-14)12-20-16(11-15(17)18)9-3-2-4-10-16/h5-8H,2-4,9-12H2,1H3,(H2,17,18). The van der Waals surface area contributed by atoms with Crippen LogP contribution in [-0.2, 0) is 10.5 Å². The number of carbonyl (C=O) groups is 1. The van der Waals surface area contributed by atoms with Crippen LogP contribution in [0, 0.1) is 0 Å². The van der Waals surface area contributed by atoms with E-state index in [-0.39, 0.29) is 10.7 Å². The molecule has 0 aromatic heterocycles. The van der Waals surface area contributed by atoms with Gasteiger partial charge in [0, 0.05) is 16.9 Å². The van der Waals surface area contributed by atoms with Gasteiger partial charge in [-0.15, -0.1) is 11.8 Å². The summed E-state index contributed by atoms with van der Waals surface area (Å²) in [4.78, 5) is 11.4. The zero-order valence-electron chi connectivity index (χ0n) is 12.1. The Morgan fingerprint density at radius 2 is 1.90 bits per heavy atom. The molecule has 1 fully saturated rings. The summed E-state index contributed by atoms with van der Waals surface area (Å²) in [5.74, 6) is 1.63. The normalized spacial score (nSPS) is 17.6. The van der Waals surface area contributed by atoms with Crippen molar-refractivity contribution in [3.05, 3.63) is 29.8 Å². The van der Waals surface area contributed by atoms with E-state index in [0.29, 0.717) is 6.42 Å². The maximum atomic E-state index is 11.4. The van der Waals surface area contributed by atoms with E-state index in [9.17, 15) is 4.79 Å². The molecule has 0 bridgehead atoms. The van der Waals surface area contributed by atoms with E-state index < -0.39 is 0 Å². The van der Waals surface area contributed by atoms with Crippen LogP contribution in [0.3, 0.4) is 0 Å². The molecule has 1 aliphatic carbocycles. The number of primary amides is 1. The summed E-state index contributed by atoms with van der Waals surface area (Å²) in [5, 5.41) is 0. The Kier molecular flexibility index (Phi) is 5.35. The first kappa shape index (κ1) is 15.2. The molecule has 0 aliphatic heterocycles. The third-order valence-electron chi connectivity index (χ3n) is 3.97. The molecule has 20 heavy (non-hydrogen) atoms.